The van der Waals surface area contributed by atoms with Crippen molar-refractivity contribution in [1.29, 1.82) is 0 Å². The Hall–Kier alpha value is -2.79. The quantitative estimate of drug-likeness (QED) is 0.748. The summed E-state index contributed by atoms with van der Waals surface area (Å²) in [7, 11) is 0. The number of aliphatic imine (C=N–C) groups is 1. The summed E-state index contributed by atoms with van der Waals surface area (Å²) in [5, 5.41) is 3.73. The van der Waals surface area contributed by atoms with Gasteiger partial charge in [-0.15, -0.1) is 0 Å². The minimum Gasteiger partial charge on any atom is -0.379 e. The van der Waals surface area contributed by atoms with Crippen molar-refractivity contribution in [3.05, 3.63) is 89.2 Å². The molecule has 4 rings (SSSR count). The fourth-order valence-electron chi connectivity index (χ4n) is 4.03. The molecule has 1 amide bonds. The van der Waals surface area contributed by atoms with Crippen molar-refractivity contribution in [1.82, 2.24) is 5.32 Å². The molecule has 1 atom stereocenters. The molecule has 0 spiro atoms. The van der Waals surface area contributed by atoms with Gasteiger partial charge in [-0.3, -0.25) is 9.79 Å². The van der Waals surface area contributed by atoms with Crippen molar-refractivity contribution in [2.45, 2.75) is 38.1 Å². The standard InChI is InChI=1S/C25H27N3OS/c1-25(14-15-30-24(26)28-25)20-11-5-6-12-21(17-20)27-23(29)16-19-10-3-2-8-18-9-4-7-13-22(18)19/h2-4,6-7,9-13,17H,5,8,14-16H2,1H3,(H2,26,28)(H,27,29). The van der Waals surface area contributed by atoms with Crippen LogP contribution in [0, 0.1) is 0 Å². The van der Waals surface area contributed by atoms with Crippen LogP contribution in [0.2, 0.25) is 0 Å². The number of nitrogens with two attached hydrogens (primary N) is 1. The molecule has 1 aliphatic heterocycles. The molecule has 1 unspecified atom stereocenters. The van der Waals surface area contributed by atoms with E-state index in [1.165, 1.54) is 5.56 Å². The van der Waals surface area contributed by atoms with E-state index in [9.17, 15) is 4.79 Å². The first kappa shape index (κ1) is 20.5. The first-order chi connectivity index (χ1) is 14.5. The zero-order valence-electron chi connectivity index (χ0n) is 17.2. The average Bonchev–Trinajstić information content (AvgIpc) is 3.07. The SMILES string of the molecule is CC1(C2=CCC=CC(NC(=O)CC3=CC=CCc4ccccc43)=C2)CCSC(N)=N1. The van der Waals surface area contributed by atoms with Crippen molar-refractivity contribution in [2.75, 3.05) is 5.75 Å². The highest BCUT2D eigenvalue weighted by atomic mass is 32.2. The molecule has 5 heteroatoms. The third-order valence-corrected chi connectivity index (χ3v) is 6.46. The fraction of sp³-hybridized carbons (Fsp3) is 0.280. The maximum atomic E-state index is 12.9. The predicted molar refractivity (Wildman–Crippen MR) is 127 cm³/mol. The molecular formula is C25H27N3OS. The van der Waals surface area contributed by atoms with E-state index in [-0.39, 0.29) is 11.4 Å². The van der Waals surface area contributed by atoms with Crippen LogP contribution in [-0.4, -0.2) is 22.4 Å². The number of amidine groups is 1. The highest BCUT2D eigenvalue weighted by Crippen LogP contribution is 2.34. The molecule has 154 valence electrons. The number of hydrogen-bond donors (Lipinski definition) is 2. The molecule has 0 bridgehead atoms. The topological polar surface area (TPSA) is 67.5 Å². The number of carbonyl (C=O) groups is 1. The summed E-state index contributed by atoms with van der Waals surface area (Å²) in [6.45, 7) is 2.12. The minimum absolute atomic E-state index is 0.0177. The van der Waals surface area contributed by atoms with Crippen molar-refractivity contribution < 1.29 is 4.79 Å². The largest absolute Gasteiger partial charge is 0.379 e. The lowest BCUT2D eigenvalue weighted by Gasteiger charge is -2.30. The van der Waals surface area contributed by atoms with Crippen molar-refractivity contribution in [3.63, 3.8) is 0 Å². The van der Waals surface area contributed by atoms with E-state index in [1.807, 2.05) is 36.4 Å². The second-order valence-electron chi connectivity index (χ2n) is 7.93. The van der Waals surface area contributed by atoms with Crippen molar-refractivity contribution in [3.8, 4) is 0 Å². The third kappa shape index (κ3) is 4.68. The first-order valence-corrected chi connectivity index (χ1v) is 11.3. The molecule has 1 heterocycles. The molecule has 30 heavy (non-hydrogen) atoms. The van der Waals surface area contributed by atoms with E-state index in [1.54, 1.807) is 11.8 Å². The third-order valence-electron chi connectivity index (χ3n) is 5.67. The second-order valence-corrected chi connectivity index (χ2v) is 9.04. The maximum absolute atomic E-state index is 12.9. The van der Waals surface area contributed by atoms with Crippen LogP contribution in [-0.2, 0) is 11.2 Å². The highest BCUT2D eigenvalue weighted by molar-refractivity contribution is 8.13. The molecule has 0 fully saturated rings. The molecule has 2 aliphatic carbocycles. The van der Waals surface area contributed by atoms with Crippen LogP contribution in [0.15, 0.2) is 83.1 Å². The van der Waals surface area contributed by atoms with Crippen molar-refractivity contribution >= 4 is 28.4 Å². The van der Waals surface area contributed by atoms with Gasteiger partial charge in [-0.1, -0.05) is 66.4 Å². The molecule has 4 nitrogen and oxygen atoms in total. The first-order valence-electron chi connectivity index (χ1n) is 10.3. The molecule has 1 aromatic carbocycles. The van der Waals surface area contributed by atoms with Gasteiger partial charge in [0.05, 0.1) is 12.0 Å². The maximum Gasteiger partial charge on any atom is 0.228 e. The summed E-state index contributed by atoms with van der Waals surface area (Å²) in [5.41, 5.74) is 11.0. The van der Waals surface area contributed by atoms with E-state index in [4.69, 9.17) is 10.7 Å². The van der Waals surface area contributed by atoms with E-state index in [0.717, 1.165) is 47.4 Å². The molecule has 0 aromatic heterocycles. The van der Waals surface area contributed by atoms with Gasteiger partial charge in [0.25, 0.3) is 0 Å². The van der Waals surface area contributed by atoms with Gasteiger partial charge in [-0.2, -0.15) is 0 Å². The zero-order valence-corrected chi connectivity index (χ0v) is 18.0. The Bertz CT molecular complexity index is 1030. The van der Waals surface area contributed by atoms with Crippen LogP contribution in [0.25, 0.3) is 5.57 Å². The van der Waals surface area contributed by atoms with E-state index in [2.05, 4.69) is 42.6 Å². The number of rotatable bonds is 4. The minimum atomic E-state index is -0.342. The summed E-state index contributed by atoms with van der Waals surface area (Å²) >= 11 is 1.60. The molecule has 0 radical (unpaired) electrons. The number of amides is 1. The van der Waals surface area contributed by atoms with Crippen LogP contribution in [0.4, 0.5) is 0 Å². The summed E-state index contributed by atoms with van der Waals surface area (Å²) in [6.07, 6.45) is 17.5. The molecular weight excluding hydrogens is 390 g/mol. The molecule has 3 aliphatic rings. The van der Waals surface area contributed by atoms with Gasteiger partial charge in [0, 0.05) is 11.4 Å². The number of hydrogen-bond acceptors (Lipinski definition) is 4. The van der Waals surface area contributed by atoms with E-state index < -0.39 is 0 Å². The van der Waals surface area contributed by atoms with E-state index >= 15 is 0 Å². The van der Waals surface area contributed by atoms with Gasteiger partial charge in [-0.05, 0) is 60.6 Å². The number of carbonyl (C=O) groups excluding carboxylic acids is 1. The Balaban J connectivity index is 1.51. The lowest BCUT2D eigenvalue weighted by Crippen LogP contribution is -2.33. The number of benzene rings is 1. The number of allylic oxidation sites excluding steroid dienone is 6. The van der Waals surface area contributed by atoms with Gasteiger partial charge in [0.1, 0.15) is 0 Å². The van der Waals surface area contributed by atoms with Gasteiger partial charge in [0.15, 0.2) is 5.17 Å². The average molecular weight is 418 g/mol. The highest BCUT2D eigenvalue weighted by Gasteiger charge is 2.31. The Morgan fingerprint density at radius 3 is 3.03 bits per heavy atom. The summed E-state index contributed by atoms with van der Waals surface area (Å²) < 4.78 is 0. The number of nitrogens with zero attached hydrogens (tertiary/aromatic N) is 1. The van der Waals surface area contributed by atoms with Crippen LogP contribution in [0.3, 0.4) is 0 Å². The van der Waals surface area contributed by atoms with Crippen LogP contribution in [0.5, 0.6) is 0 Å². The summed E-state index contributed by atoms with van der Waals surface area (Å²) in [4.78, 5) is 17.6. The Kier molecular flexibility index (Phi) is 6.09. The summed E-state index contributed by atoms with van der Waals surface area (Å²) in [5.74, 6) is 0.934. The van der Waals surface area contributed by atoms with Gasteiger partial charge >= 0.3 is 0 Å². The monoisotopic (exact) mass is 417 g/mol. The van der Waals surface area contributed by atoms with Gasteiger partial charge in [0.2, 0.25) is 5.91 Å². The summed E-state index contributed by atoms with van der Waals surface area (Å²) in [6, 6.07) is 8.29. The molecule has 0 saturated heterocycles. The molecule has 1 aromatic rings. The number of nitrogens with one attached hydrogen (secondary N) is 1. The smallest absolute Gasteiger partial charge is 0.228 e. The lowest BCUT2D eigenvalue weighted by atomic mass is 9.88. The number of fused-ring (bicyclic) bond motifs is 1. The molecule has 3 N–H and O–H groups in total. The molecule has 0 saturated carbocycles. The van der Waals surface area contributed by atoms with Crippen molar-refractivity contribution in [2.24, 2.45) is 10.7 Å². The Morgan fingerprint density at radius 2 is 2.17 bits per heavy atom. The van der Waals surface area contributed by atoms with Gasteiger partial charge < -0.3 is 11.1 Å². The fourth-order valence-corrected chi connectivity index (χ4v) is 5.00. The van der Waals surface area contributed by atoms with Gasteiger partial charge in [-0.25, -0.2) is 0 Å². The Morgan fingerprint density at radius 1 is 1.30 bits per heavy atom. The Labute approximate surface area is 182 Å². The van der Waals surface area contributed by atoms with E-state index in [0.29, 0.717) is 11.6 Å². The predicted octanol–water partition coefficient (Wildman–Crippen LogP) is 4.67. The number of thioether (sulfide) groups is 1. The lowest BCUT2D eigenvalue weighted by molar-refractivity contribution is -0.119. The second kappa shape index (κ2) is 8.92. The van der Waals surface area contributed by atoms with Crippen LogP contribution >= 0.6 is 11.8 Å². The zero-order chi connectivity index (χ0) is 21.0. The van der Waals surface area contributed by atoms with Crippen LogP contribution < -0.4 is 11.1 Å². The normalized spacial score (nSPS) is 23.2. The van der Waals surface area contributed by atoms with Crippen LogP contribution in [0.1, 0.15) is 37.3 Å².